The molecule has 39 heavy (non-hydrogen) atoms. The Labute approximate surface area is 234 Å². The summed E-state index contributed by atoms with van der Waals surface area (Å²) in [6.07, 6.45) is 0. The van der Waals surface area contributed by atoms with E-state index in [4.69, 9.17) is 27.9 Å². The number of ketones is 1. The van der Waals surface area contributed by atoms with Gasteiger partial charge in [0.05, 0.1) is 21.7 Å². The highest BCUT2D eigenvalue weighted by molar-refractivity contribution is 6.52. The Morgan fingerprint density at radius 2 is 1.64 bits per heavy atom. The van der Waals surface area contributed by atoms with Crippen LogP contribution < -0.4 is 9.64 Å². The van der Waals surface area contributed by atoms with Crippen LogP contribution >= 0.6 is 23.2 Å². The number of aryl methyl sites for hydroxylation is 1. The van der Waals surface area contributed by atoms with Gasteiger partial charge in [-0.3, -0.25) is 14.5 Å². The first-order valence-corrected chi connectivity index (χ1v) is 12.8. The van der Waals surface area contributed by atoms with Crippen LogP contribution in [0.2, 0.25) is 10.0 Å². The number of rotatable bonds is 6. The van der Waals surface area contributed by atoms with E-state index in [0.29, 0.717) is 29.2 Å². The lowest BCUT2D eigenvalue weighted by Gasteiger charge is -2.25. The molecular weight excluding hydrogens is 540 g/mol. The molecule has 1 fully saturated rings. The average molecular weight is 562 g/mol. The van der Waals surface area contributed by atoms with Crippen molar-refractivity contribution in [3.8, 4) is 5.75 Å². The first-order valence-electron chi connectivity index (χ1n) is 12.0. The molecule has 0 radical (unpaired) electrons. The van der Waals surface area contributed by atoms with Crippen LogP contribution in [0.5, 0.6) is 5.75 Å². The average Bonchev–Trinajstić information content (AvgIpc) is 3.20. The SMILES string of the molecule is Cc1cc(/C(O)=C2\C(=O)C(=O)N(c3ccc(Cl)c(Cl)c3)C2c2ccc(F)cc2)ccc1OCc1ccccc1. The van der Waals surface area contributed by atoms with Crippen molar-refractivity contribution in [3.05, 3.63) is 135 Å². The van der Waals surface area contributed by atoms with Crippen LogP contribution in [0.4, 0.5) is 10.1 Å². The molecule has 1 saturated heterocycles. The second-order valence-electron chi connectivity index (χ2n) is 9.07. The maximum Gasteiger partial charge on any atom is 0.300 e. The van der Waals surface area contributed by atoms with Gasteiger partial charge in [-0.15, -0.1) is 0 Å². The second kappa shape index (κ2) is 10.9. The van der Waals surface area contributed by atoms with E-state index >= 15 is 0 Å². The van der Waals surface area contributed by atoms with Gasteiger partial charge in [-0.2, -0.15) is 0 Å². The number of amides is 1. The fraction of sp³-hybridized carbons (Fsp3) is 0.0968. The molecule has 1 unspecified atom stereocenters. The summed E-state index contributed by atoms with van der Waals surface area (Å²) >= 11 is 12.3. The van der Waals surface area contributed by atoms with Crippen molar-refractivity contribution in [3.63, 3.8) is 0 Å². The van der Waals surface area contributed by atoms with Crippen LogP contribution in [0.25, 0.3) is 5.76 Å². The van der Waals surface area contributed by atoms with E-state index in [0.717, 1.165) is 11.1 Å². The summed E-state index contributed by atoms with van der Waals surface area (Å²) in [6.45, 7) is 2.19. The van der Waals surface area contributed by atoms with E-state index < -0.39 is 23.5 Å². The number of Topliss-reactive ketones (excluding diaryl/α,β-unsaturated/α-hetero) is 1. The monoisotopic (exact) mass is 561 g/mol. The van der Waals surface area contributed by atoms with Crippen LogP contribution in [-0.2, 0) is 16.2 Å². The fourth-order valence-corrected chi connectivity index (χ4v) is 4.84. The van der Waals surface area contributed by atoms with Crippen molar-refractivity contribution in [1.29, 1.82) is 0 Å². The zero-order chi connectivity index (χ0) is 27.7. The first-order chi connectivity index (χ1) is 18.7. The molecule has 4 aromatic carbocycles. The van der Waals surface area contributed by atoms with Crippen molar-refractivity contribution in [2.24, 2.45) is 0 Å². The summed E-state index contributed by atoms with van der Waals surface area (Å²) < 4.78 is 19.7. The third-order valence-electron chi connectivity index (χ3n) is 6.50. The number of carbonyl (C=O) groups is 2. The smallest absolute Gasteiger partial charge is 0.300 e. The number of nitrogens with zero attached hydrogens (tertiary/aromatic N) is 1. The number of carbonyl (C=O) groups excluding carboxylic acids is 2. The Hall–Kier alpha value is -4.13. The van der Waals surface area contributed by atoms with Gasteiger partial charge in [0.1, 0.15) is 23.9 Å². The molecule has 8 heteroatoms. The molecular formula is C31H22Cl2FNO4. The maximum absolute atomic E-state index is 13.8. The molecule has 1 atom stereocenters. The third-order valence-corrected chi connectivity index (χ3v) is 7.24. The topological polar surface area (TPSA) is 66.8 Å². The predicted octanol–water partition coefficient (Wildman–Crippen LogP) is 7.65. The molecule has 0 bridgehead atoms. The van der Waals surface area contributed by atoms with Gasteiger partial charge in [0.25, 0.3) is 11.7 Å². The van der Waals surface area contributed by atoms with Gasteiger partial charge in [-0.25, -0.2) is 4.39 Å². The van der Waals surface area contributed by atoms with Gasteiger partial charge in [0.2, 0.25) is 0 Å². The molecule has 0 spiro atoms. The third kappa shape index (κ3) is 5.26. The highest BCUT2D eigenvalue weighted by Crippen LogP contribution is 2.43. The Kier molecular flexibility index (Phi) is 7.42. The number of halogens is 3. The number of ether oxygens (including phenoxy) is 1. The van der Waals surface area contributed by atoms with Crippen LogP contribution in [0, 0.1) is 12.7 Å². The number of anilines is 1. The summed E-state index contributed by atoms with van der Waals surface area (Å²) in [5, 5.41) is 11.9. The number of hydrogen-bond acceptors (Lipinski definition) is 4. The predicted molar refractivity (Wildman–Crippen MR) is 150 cm³/mol. The standard InChI is InChI=1S/C31H22Cl2FNO4/c1-18-15-21(9-14-26(18)39-17-19-5-3-2-4-6-19)29(36)27-28(20-7-10-22(34)11-8-20)35(31(38)30(27)37)23-12-13-24(32)25(33)16-23/h2-16,28,36H,17H2,1H3/b29-27+. The number of aliphatic hydroxyl groups excluding tert-OH is 1. The molecule has 0 aliphatic carbocycles. The molecule has 0 saturated carbocycles. The lowest BCUT2D eigenvalue weighted by atomic mass is 9.94. The zero-order valence-electron chi connectivity index (χ0n) is 20.7. The molecule has 4 aromatic rings. The molecule has 0 aromatic heterocycles. The summed E-state index contributed by atoms with van der Waals surface area (Å²) in [5.74, 6) is -1.96. The van der Waals surface area contributed by atoms with E-state index in [-0.39, 0.29) is 21.4 Å². The van der Waals surface area contributed by atoms with Crippen molar-refractivity contribution in [2.45, 2.75) is 19.6 Å². The van der Waals surface area contributed by atoms with Crippen LogP contribution in [-0.4, -0.2) is 16.8 Å². The fourth-order valence-electron chi connectivity index (χ4n) is 4.54. The van der Waals surface area contributed by atoms with Crippen LogP contribution in [0.1, 0.15) is 28.3 Å². The van der Waals surface area contributed by atoms with Crippen molar-refractivity contribution in [1.82, 2.24) is 0 Å². The molecule has 1 heterocycles. The minimum atomic E-state index is -1.03. The highest BCUT2D eigenvalue weighted by Gasteiger charge is 2.47. The van der Waals surface area contributed by atoms with E-state index in [9.17, 15) is 19.1 Å². The Balaban J connectivity index is 1.57. The first kappa shape index (κ1) is 26.5. The quantitative estimate of drug-likeness (QED) is 0.149. The Morgan fingerprint density at radius 1 is 0.923 bits per heavy atom. The van der Waals surface area contributed by atoms with Crippen molar-refractivity contribution in [2.75, 3.05) is 4.90 Å². The number of benzene rings is 4. The molecule has 1 aliphatic heterocycles. The number of hydrogen-bond donors (Lipinski definition) is 1. The zero-order valence-corrected chi connectivity index (χ0v) is 22.2. The van der Waals surface area contributed by atoms with Crippen LogP contribution in [0.15, 0.2) is 96.6 Å². The lowest BCUT2D eigenvalue weighted by molar-refractivity contribution is -0.132. The molecule has 1 amide bonds. The van der Waals surface area contributed by atoms with Gasteiger partial charge >= 0.3 is 0 Å². The summed E-state index contributed by atoms with van der Waals surface area (Å²) in [6, 6.07) is 23.6. The molecule has 5 nitrogen and oxygen atoms in total. The van der Waals surface area contributed by atoms with Crippen LogP contribution in [0.3, 0.4) is 0 Å². The van der Waals surface area contributed by atoms with Gasteiger partial charge < -0.3 is 9.84 Å². The molecule has 1 N–H and O–H groups in total. The highest BCUT2D eigenvalue weighted by atomic mass is 35.5. The maximum atomic E-state index is 13.8. The van der Waals surface area contributed by atoms with Crippen molar-refractivity contribution >= 4 is 46.3 Å². The second-order valence-corrected chi connectivity index (χ2v) is 9.89. The summed E-state index contributed by atoms with van der Waals surface area (Å²) in [4.78, 5) is 27.9. The van der Waals surface area contributed by atoms with Gasteiger partial charge in [-0.1, -0.05) is 65.7 Å². The Bertz CT molecular complexity index is 1600. The lowest BCUT2D eigenvalue weighted by Crippen LogP contribution is -2.29. The van der Waals surface area contributed by atoms with Gasteiger partial charge in [0.15, 0.2) is 0 Å². The van der Waals surface area contributed by atoms with Crippen molar-refractivity contribution < 1.29 is 23.8 Å². The summed E-state index contributed by atoms with van der Waals surface area (Å²) in [5.41, 5.74) is 2.68. The molecule has 5 rings (SSSR count). The molecule has 196 valence electrons. The minimum Gasteiger partial charge on any atom is -0.507 e. The van der Waals surface area contributed by atoms with Gasteiger partial charge in [0, 0.05) is 11.3 Å². The number of aliphatic hydroxyl groups is 1. The Morgan fingerprint density at radius 3 is 2.31 bits per heavy atom. The minimum absolute atomic E-state index is 0.130. The largest absolute Gasteiger partial charge is 0.507 e. The van der Waals surface area contributed by atoms with E-state index in [1.54, 1.807) is 24.3 Å². The van der Waals surface area contributed by atoms with E-state index in [2.05, 4.69) is 0 Å². The van der Waals surface area contributed by atoms with Gasteiger partial charge in [-0.05, 0) is 72.1 Å². The van der Waals surface area contributed by atoms with E-state index in [1.807, 2.05) is 37.3 Å². The normalized spacial score (nSPS) is 16.5. The summed E-state index contributed by atoms with van der Waals surface area (Å²) in [7, 11) is 0. The molecule has 1 aliphatic rings. The van der Waals surface area contributed by atoms with E-state index in [1.165, 1.54) is 41.3 Å².